The number of carbonyl (C=O) groups excluding carboxylic acids is 1. The first-order chi connectivity index (χ1) is 17.2. The number of ether oxygens (including phenoxy) is 1. The van der Waals surface area contributed by atoms with Gasteiger partial charge >= 0.3 is 0 Å². The van der Waals surface area contributed by atoms with Crippen LogP contribution in [0.1, 0.15) is 34.8 Å². The number of benzene rings is 2. The van der Waals surface area contributed by atoms with Gasteiger partial charge in [0.1, 0.15) is 17.3 Å². The van der Waals surface area contributed by atoms with Crippen molar-refractivity contribution in [2.24, 2.45) is 0 Å². The lowest BCUT2D eigenvalue weighted by Crippen LogP contribution is -2.39. The molecule has 176 valence electrons. The van der Waals surface area contributed by atoms with Gasteiger partial charge in [-0.05, 0) is 61.4 Å². The van der Waals surface area contributed by atoms with E-state index in [-0.39, 0.29) is 17.6 Å². The molecule has 1 saturated heterocycles. The van der Waals surface area contributed by atoms with E-state index in [1.165, 1.54) is 12.1 Å². The highest BCUT2D eigenvalue weighted by Gasteiger charge is 2.29. The lowest BCUT2D eigenvalue weighted by Gasteiger charge is -2.33. The average Bonchev–Trinajstić information content (AvgIpc) is 2.91. The molecule has 0 saturated carbocycles. The predicted molar refractivity (Wildman–Crippen MR) is 128 cm³/mol. The molecular weight excluding hydrogens is 447 g/mol. The Kier molecular flexibility index (Phi) is 6.56. The van der Waals surface area contributed by atoms with Crippen molar-refractivity contribution in [2.45, 2.75) is 18.8 Å². The number of anilines is 2. The normalized spacial score (nSPS) is 15.5. The van der Waals surface area contributed by atoms with Crippen LogP contribution in [-0.4, -0.2) is 43.8 Å². The number of aromatic nitrogens is 4. The Morgan fingerprint density at radius 2 is 1.77 bits per heavy atom. The maximum atomic E-state index is 13.4. The summed E-state index contributed by atoms with van der Waals surface area (Å²) >= 11 is 0. The van der Waals surface area contributed by atoms with E-state index in [4.69, 9.17) is 4.74 Å². The van der Waals surface area contributed by atoms with E-state index in [2.05, 4.69) is 25.3 Å². The molecule has 35 heavy (non-hydrogen) atoms. The van der Waals surface area contributed by atoms with Gasteiger partial charge in [-0.2, -0.15) is 0 Å². The Hall–Kier alpha value is -4.40. The van der Waals surface area contributed by atoms with Gasteiger partial charge in [-0.15, -0.1) is 0 Å². The van der Waals surface area contributed by atoms with Crippen LogP contribution in [0, 0.1) is 5.82 Å². The molecule has 2 aromatic carbocycles. The molecule has 3 heterocycles. The third-order valence-corrected chi connectivity index (χ3v) is 5.75. The van der Waals surface area contributed by atoms with Crippen LogP contribution in [-0.2, 0) is 0 Å². The SMILES string of the molecule is O=C(c1cccc(Nc2ncccn2)c1)N1CCC[C@@H](c2nccnc2Oc2ccc(F)cc2)C1. The lowest BCUT2D eigenvalue weighted by molar-refractivity contribution is 0.0705. The Labute approximate surface area is 201 Å². The summed E-state index contributed by atoms with van der Waals surface area (Å²) in [5.74, 6) is 0.879. The van der Waals surface area contributed by atoms with Crippen molar-refractivity contribution in [3.63, 3.8) is 0 Å². The van der Waals surface area contributed by atoms with Crippen LogP contribution < -0.4 is 10.1 Å². The third kappa shape index (κ3) is 5.40. The number of piperidine rings is 1. The first kappa shape index (κ1) is 22.4. The molecule has 0 aliphatic carbocycles. The van der Waals surface area contributed by atoms with E-state index in [0.717, 1.165) is 18.5 Å². The zero-order valence-electron chi connectivity index (χ0n) is 18.8. The van der Waals surface area contributed by atoms with Crippen molar-refractivity contribution in [3.8, 4) is 11.6 Å². The van der Waals surface area contributed by atoms with E-state index in [1.807, 2.05) is 17.0 Å². The van der Waals surface area contributed by atoms with Crippen LogP contribution >= 0.6 is 0 Å². The quantitative estimate of drug-likeness (QED) is 0.426. The first-order valence-corrected chi connectivity index (χ1v) is 11.3. The number of nitrogens with zero attached hydrogens (tertiary/aromatic N) is 5. The predicted octanol–water partition coefficient (Wildman–Crippen LogP) is 4.96. The van der Waals surface area contributed by atoms with Crippen LogP contribution in [0.25, 0.3) is 0 Å². The molecule has 0 bridgehead atoms. The highest BCUT2D eigenvalue weighted by molar-refractivity contribution is 5.95. The summed E-state index contributed by atoms with van der Waals surface area (Å²) in [7, 11) is 0. The highest BCUT2D eigenvalue weighted by atomic mass is 19.1. The molecule has 1 N–H and O–H groups in total. The largest absolute Gasteiger partial charge is 0.437 e. The summed E-state index contributed by atoms with van der Waals surface area (Å²) in [6, 6.07) is 14.8. The molecule has 1 fully saturated rings. The fourth-order valence-electron chi connectivity index (χ4n) is 4.10. The topological polar surface area (TPSA) is 93.1 Å². The number of carbonyl (C=O) groups is 1. The van der Waals surface area contributed by atoms with Crippen LogP contribution in [0.2, 0.25) is 0 Å². The van der Waals surface area contributed by atoms with Crippen LogP contribution in [0.5, 0.6) is 11.6 Å². The molecule has 0 unspecified atom stereocenters. The molecule has 1 aliphatic heterocycles. The molecule has 1 aliphatic rings. The van der Waals surface area contributed by atoms with E-state index in [0.29, 0.717) is 41.9 Å². The van der Waals surface area contributed by atoms with Gasteiger partial charge in [0.15, 0.2) is 0 Å². The average molecular weight is 471 g/mol. The van der Waals surface area contributed by atoms with Crippen molar-refractivity contribution in [1.82, 2.24) is 24.8 Å². The maximum Gasteiger partial charge on any atom is 0.253 e. The van der Waals surface area contributed by atoms with Crippen molar-refractivity contribution in [3.05, 3.63) is 96.5 Å². The van der Waals surface area contributed by atoms with Crippen molar-refractivity contribution in [1.29, 1.82) is 0 Å². The van der Waals surface area contributed by atoms with Crippen LogP contribution in [0.3, 0.4) is 0 Å². The number of rotatable bonds is 6. The van der Waals surface area contributed by atoms with Crippen molar-refractivity contribution >= 4 is 17.5 Å². The highest BCUT2D eigenvalue weighted by Crippen LogP contribution is 2.33. The van der Waals surface area contributed by atoms with Gasteiger partial charge in [-0.3, -0.25) is 9.78 Å². The fourth-order valence-corrected chi connectivity index (χ4v) is 4.10. The molecule has 4 aromatic rings. The second kappa shape index (κ2) is 10.3. The van der Waals surface area contributed by atoms with Gasteiger partial charge in [-0.25, -0.2) is 19.3 Å². The zero-order chi connectivity index (χ0) is 24.0. The minimum absolute atomic E-state index is 0.0316. The number of likely N-dealkylation sites (tertiary alicyclic amines) is 1. The number of hydrogen-bond acceptors (Lipinski definition) is 7. The van der Waals surface area contributed by atoms with E-state index in [9.17, 15) is 9.18 Å². The molecule has 1 amide bonds. The Morgan fingerprint density at radius 3 is 2.60 bits per heavy atom. The summed E-state index contributed by atoms with van der Waals surface area (Å²) in [6.45, 7) is 1.15. The van der Waals surface area contributed by atoms with Gasteiger partial charge in [0.25, 0.3) is 5.91 Å². The second-order valence-electron chi connectivity index (χ2n) is 8.17. The molecule has 0 spiro atoms. The van der Waals surface area contributed by atoms with E-state index in [1.54, 1.807) is 55.1 Å². The minimum atomic E-state index is -0.339. The van der Waals surface area contributed by atoms with Gasteiger partial charge in [-0.1, -0.05) is 6.07 Å². The van der Waals surface area contributed by atoms with E-state index >= 15 is 0 Å². The van der Waals surface area contributed by atoms with Crippen molar-refractivity contribution in [2.75, 3.05) is 18.4 Å². The van der Waals surface area contributed by atoms with Crippen LogP contribution in [0.15, 0.2) is 79.4 Å². The summed E-state index contributed by atoms with van der Waals surface area (Å²) in [5.41, 5.74) is 2.00. The molecular formula is C26H23FN6O2. The summed E-state index contributed by atoms with van der Waals surface area (Å²) in [6.07, 6.45) is 8.17. The molecule has 5 rings (SSSR count). The van der Waals surface area contributed by atoms with Gasteiger partial charge in [0, 0.05) is 55.0 Å². The third-order valence-electron chi connectivity index (χ3n) is 5.75. The fraction of sp³-hybridized carbons (Fsp3) is 0.192. The number of nitrogens with one attached hydrogen (secondary N) is 1. The summed E-state index contributed by atoms with van der Waals surface area (Å²) in [5, 5.41) is 3.12. The molecule has 1 atom stereocenters. The van der Waals surface area contributed by atoms with Gasteiger partial charge < -0.3 is 15.0 Å². The Bertz CT molecular complexity index is 1300. The standard InChI is InChI=1S/C26H23FN6O2/c27-20-7-9-22(10-8-20)35-24-23(28-13-14-29-24)19-5-2-15-33(17-19)25(34)18-4-1-6-21(16-18)32-26-30-11-3-12-31-26/h1,3-4,6-14,16,19H,2,5,15,17H2,(H,30,31,32)/t19-/m1/s1. The number of amides is 1. The Balaban J connectivity index is 1.31. The maximum absolute atomic E-state index is 13.4. The van der Waals surface area contributed by atoms with Crippen molar-refractivity contribution < 1.29 is 13.9 Å². The van der Waals surface area contributed by atoms with Gasteiger partial charge in [0.05, 0.1) is 0 Å². The van der Waals surface area contributed by atoms with Gasteiger partial charge in [0.2, 0.25) is 11.8 Å². The molecule has 9 heteroatoms. The lowest BCUT2D eigenvalue weighted by atomic mass is 9.94. The molecule has 8 nitrogen and oxygen atoms in total. The van der Waals surface area contributed by atoms with E-state index < -0.39 is 0 Å². The second-order valence-corrected chi connectivity index (χ2v) is 8.17. The molecule has 0 radical (unpaired) electrons. The number of hydrogen-bond donors (Lipinski definition) is 1. The zero-order valence-corrected chi connectivity index (χ0v) is 18.8. The summed E-state index contributed by atoms with van der Waals surface area (Å²) < 4.78 is 19.2. The smallest absolute Gasteiger partial charge is 0.253 e. The summed E-state index contributed by atoms with van der Waals surface area (Å²) in [4.78, 5) is 32.4. The Morgan fingerprint density at radius 1 is 0.971 bits per heavy atom. The molecule has 2 aromatic heterocycles. The minimum Gasteiger partial charge on any atom is -0.437 e. The van der Waals surface area contributed by atoms with Crippen LogP contribution in [0.4, 0.5) is 16.0 Å². The monoisotopic (exact) mass is 470 g/mol. The first-order valence-electron chi connectivity index (χ1n) is 11.3. The number of halogens is 1.